The minimum absolute atomic E-state index is 0.323. The van der Waals surface area contributed by atoms with Gasteiger partial charge in [0.25, 0.3) is 0 Å². The Hall–Kier alpha value is -1.23. The zero-order chi connectivity index (χ0) is 17.2. The van der Waals surface area contributed by atoms with E-state index >= 15 is 0 Å². The van der Waals surface area contributed by atoms with Crippen LogP contribution in [0.15, 0.2) is 29.0 Å². The second-order valence-electron chi connectivity index (χ2n) is 6.62. The molecule has 0 unspecified atom stereocenters. The van der Waals surface area contributed by atoms with Crippen LogP contribution in [0.4, 0.5) is 0 Å². The van der Waals surface area contributed by atoms with Gasteiger partial charge >= 0.3 is 0 Å². The zero-order valence-corrected chi connectivity index (χ0v) is 16.9. The van der Waals surface area contributed by atoms with Crippen LogP contribution in [0, 0.1) is 0 Å². The Morgan fingerprint density at radius 2 is 1.52 bits per heavy atom. The number of Topliss-reactive ketones (excluding diaryl/α,β-unsaturated/α-hetero) is 1. The number of carbonyl (C=O) groups excluding carboxylic acids is 1. The van der Waals surface area contributed by atoms with Crippen LogP contribution >= 0.6 is 34.0 Å². The highest BCUT2D eigenvalue weighted by Crippen LogP contribution is 2.43. The van der Waals surface area contributed by atoms with E-state index in [4.69, 9.17) is 0 Å². The maximum atomic E-state index is 12.7. The van der Waals surface area contributed by atoms with Gasteiger partial charge in [-0.2, -0.15) is 0 Å². The molecule has 3 aromatic heterocycles. The van der Waals surface area contributed by atoms with Crippen LogP contribution in [0.1, 0.15) is 61.5 Å². The molecule has 0 aliphatic carbocycles. The number of rotatable bonds is 8. The van der Waals surface area contributed by atoms with Crippen molar-refractivity contribution in [3.05, 3.63) is 33.8 Å². The predicted molar refractivity (Wildman–Crippen MR) is 115 cm³/mol. The summed E-state index contributed by atoms with van der Waals surface area (Å²) in [5.41, 5.74) is 0. The molecule has 0 aliphatic rings. The third-order valence-corrected chi connectivity index (χ3v) is 8.04. The van der Waals surface area contributed by atoms with Crippen LogP contribution < -0.4 is 0 Å². The van der Waals surface area contributed by atoms with Gasteiger partial charge in [0.05, 0.1) is 14.3 Å². The van der Waals surface area contributed by atoms with Crippen molar-refractivity contribution in [1.82, 2.24) is 0 Å². The smallest absolute Gasteiger partial charge is 0.172 e. The van der Waals surface area contributed by atoms with E-state index in [9.17, 15) is 4.79 Å². The summed E-state index contributed by atoms with van der Waals surface area (Å²) in [6, 6.07) is 6.56. The summed E-state index contributed by atoms with van der Waals surface area (Å²) in [5.74, 6) is 0.323. The van der Waals surface area contributed by atoms with E-state index in [1.807, 2.05) is 22.7 Å². The van der Waals surface area contributed by atoms with Crippen LogP contribution in [-0.4, -0.2) is 5.78 Å². The summed E-state index contributed by atoms with van der Waals surface area (Å²) >= 11 is 5.31. The van der Waals surface area contributed by atoms with Crippen molar-refractivity contribution in [2.24, 2.45) is 0 Å². The fourth-order valence-electron chi connectivity index (χ4n) is 3.48. The first kappa shape index (κ1) is 17.2. The van der Waals surface area contributed by atoms with Crippen LogP contribution in [-0.2, 0) is 0 Å². The summed E-state index contributed by atoms with van der Waals surface area (Å²) in [4.78, 5) is 13.6. The van der Waals surface area contributed by atoms with E-state index in [-0.39, 0.29) is 0 Å². The number of carbonyl (C=O) groups is 1. The Morgan fingerprint density at radius 1 is 0.840 bits per heavy atom. The fraction of sp³-hybridized carbons (Fsp3) is 0.381. The van der Waals surface area contributed by atoms with Crippen molar-refractivity contribution < 1.29 is 4.79 Å². The summed E-state index contributed by atoms with van der Waals surface area (Å²) in [6.07, 6.45) is 8.06. The monoisotopic (exact) mass is 386 g/mol. The molecule has 0 saturated heterocycles. The van der Waals surface area contributed by atoms with Gasteiger partial charge in [-0.15, -0.1) is 34.0 Å². The number of hydrogen-bond donors (Lipinski definition) is 0. The largest absolute Gasteiger partial charge is 0.293 e. The molecule has 1 nitrogen and oxygen atoms in total. The topological polar surface area (TPSA) is 17.1 Å². The number of hydrogen-bond acceptors (Lipinski definition) is 4. The van der Waals surface area contributed by atoms with Gasteiger partial charge in [0.15, 0.2) is 5.78 Å². The van der Waals surface area contributed by atoms with Crippen LogP contribution in [0.5, 0.6) is 0 Å². The summed E-state index contributed by atoms with van der Waals surface area (Å²) in [7, 11) is 0. The molecule has 3 heterocycles. The molecular formula is C21H22OS3. The minimum Gasteiger partial charge on any atom is -0.293 e. The van der Waals surface area contributed by atoms with Gasteiger partial charge in [0.2, 0.25) is 0 Å². The average molecular weight is 387 g/mol. The minimum atomic E-state index is 0.323. The maximum Gasteiger partial charge on any atom is 0.172 e. The van der Waals surface area contributed by atoms with Crippen molar-refractivity contribution in [3.8, 4) is 0 Å². The van der Waals surface area contributed by atoms with E-state index in [0.29, 0.717) is 12.2 Å². The standard InChI is InChI=1S/C21H22OS3/c1-2-3-4-5-6-7-8-17(22)18-13-16-14-9-11-23-20(14)21-15(10-12-24-21)19(16)25-18/h9-13H,2-8H2,1H3. The third kappa shape index (κ3) is 3.27. The Morgan fingerprint density at radius 3 is 2.32 bits per heavy atom. The molecule has 0 aliphatic heterocycles. The van der Waals surface area contributed by atoms with E-state index in [1.165, 1.54) is 62.4 Å². The van der Waals surface area contributed by atoms with E-state index in [2.05, 4.69) is 35.9 Å². The van der Waals surface area contributed by atoms with Crippen LogP contribution in [0.2, 0.25) is 0 Å². The lowest BCUT2D eigenvalue weighted by atomic mass is 10.1. The van der Waals surface area contributed by atoms with Gasteiger partial charge in [-0.05, 0) is 35.4 Å². The zero-order valence-electron chi connectivity index (χ0n) is 14.5. The van der Waals surface area contributed by atoms with Crippen LogP contribution in [0.25, 0.3) is 30.3 Å². The Kier molecular flexibility index (Phi) is 5.20. The Bertz CT molecular complexity index is 950. The first-order valence-corrected chi connectivity index (χ1v) is 11.7. The molecule has 0 N–H and O–H groups in total. The predicted octanol–water partition coefficient (Wildman–Crippen LogP) is 8.26. The summed E-state index contributed by atoms with van der Waals surface area (Å²) < 4.78 is 4.02. The Labute approximate surface area is 160 Å². The van der Waals surface area contributed by atoms with E-state index < -0.39 is 0 Å². The van der Waals surface area contributed by atoms with Gasteiger partial charge in [-0.1, -0.05) is 39.0 Å². The lowest BCUT2D eigenvalue weighted by Gasteiger charge is -1.99. The molecule has 0 saturated carbocycles. The quantitative estimate of drug-likeness (QED) is 0.220. The molecule has 0 fully saturated rings. The first-order valence-electron chi connectivity index (χ1n) is 9.12. The SMILES string of the molecule is CCCCCCCCC(=O)c1cc2c3ccsc3c3sccc3c2s1. The second-order valence-corrected chi connectivity index (χ2v) is 9.51. The molecule has 25 heavy (non-hydrogen) atoms. The summed E-state index contributed by atoms with van der Waals surface area (Å²) in [5, 5.41) is 8.22. The molecule has 130 valence electrons. The van der Waals surface area contributed by atoms with Crippen molar-refractivity contribution >= 4 is 70.1 Å². The van der Waals surface area contributed by atoms with Crippen molar-refractivity contribution in [2.45, 2.75) is 51.9 Å². The second kappa shape index (κ2) is 7.56. The first-order chi connectivity index (χ1) is 12.3. The number of fused-ring (bicyclic) bond motifs is 6. The molecule has 0 atom stereocenters. The highest BCUT2D eigenvalue weighted by Gasteiger charge is 2.16. The molecule has 4 heteroatoms. The molecule has 0 bridgehead atoms. The van der Waals surface area contributed by atoms with E-state index in [0.717, 1.165) is 11.3 Å². The van der Waals surface area contributed by atoms with Gasteiger partial charge in [0, 0.05) is 27.3 Å². The molecule has 1 aromatic carbocycles. The van der Waals surface area contributed by atoms with Gasteiger partial charge in [-0.3, -0.25) is 4.79 Å². The highest BCUT2D eigenvalue weighted by atomic mass is 32.1. The lowest BCUT2D eigenvalue weighted by molar-refractivity contribution is 0.0983. The number of thiophene rings is 3. The average Bonchev–Trinajstić information content (AvgIpc) is 3.34. The van der Waals surface area contributed by atoms with Crippen molar-refractivity contribution in [2.75, 3.05) is 0 Å². The number of ketones is 1. The normalized spacial score (nSPS) is 11.9. The molecule has 0 spiro atoms. The highest BCUT2D eigenvalue weighted by molar-refractivity contribution is 7.28. The molecule has 0 amide bonds. The molecule has 0 radical (unpaired) electrons. The van der Waals surface area contributed by atoms with Gasteiger partial charge in [0.1, 0.15) is 0 Å². The summed E-state index contributed by atoms with van der Waals surface area (Å²) in [6.45, 7) is 2.24. The molecule has 4 aromatic rings. The molecular weight excluding hydrogens is 364 g/mol. The van der Waals surface area contributed by atoms with Crippen molar-refractivity contribution in [1.29, 1.82) is 0 Å². The fourth-order valence-corrected chi connectivity index (χ4v) is 6.72. The maximum absolute atomic E-state index is 12.7. The molecule has 4 rings (SSSR count). The van der Waals surface area contributed by atoms with Gasteiger partial charge in [-0.25, -0.2) is 0 Å². The number of unbranched alkanes of at least 4 members (excludes halogenated alkanes) is 5. The number of benzene rings is 1. The lowest BCUT2D eigenvalue weighted by Crippen LogP contribution is -1.95. The Balaban J connectivity index is 1.58. The van der Waals surface area contributed by atoms with E-state index in [1.54, 1.807) is 11.3 Å². The van der Waals surface area contributed by atoms with Gasteiger partial charge < -0.3 is 0 Å². The van der Waals surface area contributed by atoms with Crippen molar-refractivity contribution in [3.63, 3.8) is 0 Å². The van der Waals surface area contributed by atoms with Crippen LogP contribution in [0.3, 0.4) is 0 Å². The third-order valence-electron chi connectivity index (χ3n) is 4.84.